The Kier molecular flexibility index (Phi) is 24.0. The summed E-state index contributed by atoms with van der Waals surface area (Å²) in [6.45, 7) is 26.3. The molecule has 1 aromatic carbocycles. The molecule has 0 saturated heterocycles. The zero-order valence-corrected chi connectivity index (χ0v) is 74.1. The van der Waals surface area contributed by atoms with Crippen LogP contribution in [0.3, 0.4) is 0 Å². The molecule has 3 heterocycles. The molecule has 0 radical (unpaired) electrons. The maximum Gasteiger partial charge on any atom is 0.338 e. The van der Waals surface area contributed by atoms with Crippen LogP contribution in [0.25, 0.3) is 100 Å². The van der Waals surface area contributed by atoms with Gasteiger partial charge in [-0.3, -0.25) is 0 Å². The molecular formula is C114H90O6S3. The molecule has 600 valence electrons. The minimum atomic E-state index is -0.395. The number of benzene rings is 1. The van der Waals surface area contributed by atoms with E-state index in [-0.39, 0.29) is 35.5 Å². The highest BCUT2D eigenvalue weighted by atomic mass is 32.1. The van der Waals surface area contributed by atoms with Crippen LogP contribution in [0, 0.1) is 71.0 Å². The summed E-state index contributed by atoms with van der Waals surface area (Å²) in [5.41, 5.74) is 31.1. The van der Waals surface area contributed by atoms with Crippen LogP contribution >= 0.6 is 34.0 Å². The molecule has 0 N–H and O–H groups in total. The van der Waals surface area contributed by atoms with Crippen molar-refractivity contribution in [2.24, 2.45) is 0 Å². The number of hydrogen-bond donors (Lipinski definition) is 0. The highest BCUT2D eigenvalue weighted by Crippen LogP contribution is 2.49. The summed E-state index contributed by atoms with van der Waals surface area (Å²) in [6, 6.07) is 83.3. The molecule has 0 fully saturated rings. The summed E-state index contributed by atoms with van der Waals surface area (Å²) in [6.07, 6.45) is 0. The van der Waals surface area contributed by atoms with Gasteiger partial charge in [0.1, 0.15) is 0 Å². The number of carbonyl (C=O) groups is 3. The molecule has 3 aromatic heterocycles. The highest BCUT2D eigenvalue weighted by molar-refractivity contribution is 7.13. The lowest BCUT2D eigenvalue weighted by Gasteiger charge is -2.12. The van der Waals surface area contributed by atoms with Crippen molar-refractivity contribution in [3.63, 3.8) is 0 Å². The van der Waals surface area contributed by atoms with E-state index in [1.807, 2.05) is 91.0 Å². The second-order valence-electron chi connectivity index (χ2n) is 33.0. The first-order chi connectivity index (χ1) is 59.5. The summed E-state index contributed by atoms with van der Waals surface area (Å²) < 4.78 is 15.8. The zero-order valence-electron chi connectivity index (χ0n) is 71.7. The number of carbonyl (C=O) groups excluding carboxylic acids is 3. The summed E-state index contributed by atoms with van der Waals surface area (Å²) in [5.74, 6) is 42.8. The average Bonchev–Trinajstić information content (AvgIpc) is 1.59. The van der Waals surface area contributed by atoms with Gasteiger partial charge in [0.15, 0.2) is 0 Å². The van der Waals surface area contributed by atoms with E-state index in [1.165, 1.54) is 38.0 Å². The Hall–Kier alpha value is -13.7. The largest absolute Gasteiger partial charge is 0.465 e. The predicted octanol–water partition coefficient (Wildman–Crippen LogP) is 28.0. The lowest BCUT2D eigenvalue weighted by Crippen LogP contribution is -2.00. The minimum absolute atomic E-state index is 0.232. The molecule has 12 aliphatic rings. The fourth-order valence-corrected chi connectivity index (χ4v) is 18.1. The summed E-state index contributed by atoms with van der Waals surface area (Å²) in [5, 5.41) is 0. The van der Waals surface area contributed by atoms with Crippen LogP contribution in [0.15, 0.2) is 237 Å². The third-order valence-electron chi connectivity index (χ3n) is 23.0. The second kappa shape index (κ2) is 35.5. The van der Waals surface area contributed by atoms with Gasteiger partial charge in [0.25, 0.3) is 0 Å². The molecule has 0 amide bonds. The molecule has 9 heteroatoms. The molecule has 0 unspecified atom stereocenters. The molecule has 0 atom stereocenters. The van der Waals surface area contributed by atoms with Crippen LogP contribution in [0.1, 0.15) is 246 Å². The zero-order chi connectivity index (χ0) is 86.0. The lowest BCUT2D eigenvalue weighted by molar-refractivity contribution is 0.0593. The van der Waals surface area contributed by atoms with E-state index in [4.69, 9.17) is 14.2 Å². The number of fused-ring (bicyclic) bond motifs is 6. The van der Waals surface area contributed by atoms with Crippen molar-refractivity contribution in [2.45, 2.75) is 119 Å². The Morgan fingerprint density at radius 2 is 0.407 bits per heavy atom. The molecule has 6 nitrogen and oxygen atoms in total. The normalized spacial score (nSPS) is 11.2. The van der Waals surface area contributed by atoms with E-state index in [1.54, 1.807) is 34.0 Å². The van der Waals surface area contributed by atoms with E-state index >= 15 is 0 Å². The van der Waals surface area contributed by atoms with Gasteiger partial charge in [-0.15, -0.1) is 34.0 Å². The van der Waals surface area contributed by atoms with Crippen LogP contribution < -0.4 is 0 Å². The van der Waals surface area contributed by atoms with Gasteiger partial charge in [-0.25, -0.2) is 14.4 Å². The van der Waals surface area contributed by atoms with Gasteiger partial charge in [-0.1, -0.05) is 263 Å². The fourth-order valence-electron chi connectivity index (χ4n) is 16.0. The summed E-state index contributed by atoms with van der Waals surface area (Å²) in [7, 11) is 4.24. The quantitative estimate of drug-likeness (QED) is 0.0689. The van der Waals surface area contributed by atoms with Crippen molar-refractivity contribution in [3.05, 3.63) is 349 Å². The third-order valence-corrected chi connectivity index (χ3v) is 25.7. The van der Waals surface area contributed by atoms with Crippen molar-refractivity contribution in [2.75, 3.05) is 21.3 Å². The third kappa shape index (κ3) is 17.4. The van der Waals surface area contributed by atoms with Gasteiger partial charge in [0.2, 0.25) is 0 Å². The van der Waals surface area contributed by atoms with Crippen molar-refractivity contribution >= 4 is 51.9 Å². The Morgan fingerprint density at radius 3 is 0.610 bits per heavy atom. The predicted molar refractivity (Wildman–Crippen MR) is 509 cm³/mol. The number of methoxy groups -OCH3 is 3. The van der Waals surface area contributed by atoms with Crippen molar-refractivity contribution in [1.82, 2.24) is 0 Å². The minimum Gasteiger partial charge on any atom is -0.465 e. The van der Waals surface area contributed by atoms with E-state index in [0.29, 0.717) is 16.7 Å². The molecule has 0 bridgehead atoms. The van der Waals surface area contributed by atoms with Crippen LogP contribution in [0.5, 0.6) is 0 Å². The number of thiophene rings is 3. The van der Waals surface area contributed by atoms with Crippen LogP contribution in [0.2, 0.25) is 0 Å². The van der Waals surface area contributed by atoms with Crippen molar-refractivity contribution < 1.29 is 28.6 Å². The maximum absolute atomic E-state index is 13.2. The lowest BCUT2D eigenvalue weighted by atomic mass is 9.91. The van der Waals surface area contributed by atoms with E-state index in [2.05, 4.69) is 300 Å². The molecule has 0 saturated carbocycles. The van der Waals surface area contributed by atoms with Gasteiger partial charge < -0.3 is 14.2 Å². The molecule has 0 aliphatic heterocycles. The first-order valence-electron chi connectivity index (χ1n) is 41.7. The topological polar surface area (TPSA) is 78.9 Å². The Labute approximate surface area is 735 Å². The molecular weight excluding hydrogens is 1560 g/mol. The fraction of sp³-hybridized carbons (Fsp3) is 0.184. The average molecular weight is 1650 g/mol. The summed E-state index contributed by atoms with van der Waals surface area (Å²) in [4.78, 5) is 44.8. The first-order valence-corrected chi connectivity index (χ1v) is 44.1. The Morgan fingerprint density at radius 1 is 0.211 bits per heavy atom. The molecule has 0 spiro atoms. The van der Waals surface area contributed by atoms with E-state index in [0.717, 1.165) is 179 Å². The van der Waals surface area contributed by atoms with E-state index in [9.17, 15) is 14.4 Å². The standard InChI is InChI=1S/C114H90O6S3/c1-67(2)73-25-19-31-97-100(55-73)82(37-43-91-49-46-88(121-91)40-34-79-64-109(112(115)118-13)106-58-76(70(7)8)22-16-28-94(79)106)61-103(97)85-52-86(104-62-83(101-56-74(68(3)4)26-20-32-98(101)104)38-44-92-50-47-89(122-92)41-35-80-65-110(113(116)119-14)107-59-77(71(9)10)23-17-29-95(80)107)54-87(53-85)105-63-84(102-57-75(69(5)6)27-21-33-99(102)105)39-45-93-51-48-90(123-93)42-36-81-66-111(114(117)120-15)108-60-78(72(11)12)24-18-30-96(81)108/h16-33,46-72H,1-15H3. The van der Waals surface area contributed by atoms with Gasteiger partial charge in [0.05, 0.1) is 67.3 Å². The smallest absolute Gasteiger partial charge is 0.338 e. The van der Waals surface area contributed by atoms with Crippen molar-refractivity contribution in [3.8, 4) is 171 Å². The number of esters is 3. The molecule has 12 aliphatic carbocycles. The number of hydrogen-bond acceptors (Lipinski definition) is 9. The molecule has 16 rings (SSSR count). The van der Waals surface area contributed by atoms with Gasteiger partial charge >= 0.3 is 17.9 Å². The van der Waals surface area contributed by atoms with Gasteiger partial charge in [-0.05, 0) is 296 Å². The Balaban J connectivity index is 0.830. The van der Waals surface area contributed by atoms with Gasteiger partial charge in [0, 0.05) is 33.4 Å². The van der Waals surface area contributed by atoms with Crippen LogP contribution in [-0.4, -0.2) is 39.2 Å². The van der Waals surface area contributed by atoms with Crippen molar-refractivity contribution in [1.29, 1.82) is 0 Å². The Bertz CT molecular complexity index is 6400. The highest BCUT2D eigenvalue weighted by Gasteiger charge is 2.28. The van der Waals surface area contributed by atoms with Crippen LogP contribution in [0.4, 0.5) is 0 Å². The number of rotatable bonds is 12. The second-order valence-corrected chi connectivity index (χ2v) is 36.3. The molecule has 4 aromatic rings. The van der Waals surface area contributed by atoms with Gasteiger partial charge in [-0.2, -0.15) is 0 Å². The van der Waals surface area contributed by atoms with Crippen LogP contribution in [-0.2, 0) is 14.2 Å². The summed E-state index contributed by atoms with van der Waals surface area (Å²) >= 11 is 4.63. The molecule has 123 heavy (non-hydrogen) atoms. The number of ether oxygens (including phenoxy) is 3. The van der Waals surface area contributed by atoms with E-state index < -0.39 is 17.9 Å². The first kappa shape index (κ1) is 83.0. The SMILES string of the molecule is COC(=O)c1cc(C#Cc2ccc(C#Cc3cc(-c4cc(-c5cc(C#Cc6ccc(C#Cc7cc(C(=O)OC)c8cc(C(C)C)cccc7-8)s6)c6cc(C(C)C)cccc5-6)cc(-c5cc(C#Cc6ccc(C#Cc7cc(C(=O)OC)c8cc(C(C)C)cccc7-8)s6)c6cc(C(C)C)cccc5-6)c4)c4cccc(C(C)C)cc3-4)s2)c2cccc(C(C)C)cc1-2. The monoisotopic (exact) mass is 1650 g/mol. The maximum atomic E-state index is 13.2.